The lowest BCUT2D eigenvalue weighted by Gasteiger charge is -2.01. The van der Waals surface area contributed by atoms with Crippen molar-refractivity contribution in [3.63, 3.8) is 0 Å². The largest absolute Gasteiger partial charge is 0.346 e. The normalized spacial score (nSPS) is 10.7. The van der Waals surface area contributed by atoms with Crippen molar-refractivity contribution in [2.45, 2.75) is 13.5 Å². The van der Waals surface area contributed by atoms with Crippen LogP contribution in [0.1, 0.15) is 20.2 Å². The van der Waals surface area contributed by atoms with Gasteiger partial charge in [-0.25, -0.2) is 4.98 Å². The van der Waals surface area contributed by atoms with Crippen molar-refractivity contribution in [3.8, 4) is 9.88 Å². The maximum absolute atomic E-state index is 11.9. The third kappa shape index (κ3) is 2.82. The Morgan fingerprint density at radius 3 is 2.75 bits per heavy atom. The summed E-state index contributed by atoms with van der Waals surface area (Å²) in [5, 5.41) is 7.92. The first-order chi connectivity index (χ1) is 9.74. The van der Waals surface area contributed by atoms with E-state index in [1.165, 1.54) is 16.2 Å². The summed E-state index contributed by atoms with van der Waals surface area (Å²) in [5.74, 6) is -0.0227. The average molecular weight is 320 g/mol. The van der Waals surface area contributed by atoms with E-state index >= 15 is 0 Å². The molecule has 0 saturated heterocycles. The number of carbonyl (C=O) groups is 1. The monoisotopic (exact) mass is 320 g/mol. The van der Waals surface area contributed by atoms with Crippen LogP contribution < -0.4 is 5.32 Å². The van der Waals surface area contributed by atoms with Crippen LogP contribution in [0.15, 0.2) is 35.0 Å². The van der Waals surface area contributed by atoms with Gasteiger partial charge in [-0.1, -0.05) is 12.1 Å². The Labute approximate surface area is 128 Å². The minimum atomic E-state index is -0.0227. The SMILES string of the molecule is Cc1nc(-c2cccs2)sc1CNC(=O)c1cccs1. The number of amides is 1. The predicted octanol–water partition coefficient (Wildman–Crippen LogP) is 4.17. The standard InChI is InChI=1S/C14H12N2OS3/c1-9-12(8-15-13(17)10-4-2-6-18-10)20-14(16-9)11-5-3-7-19-11/h2-7H,8H2,1H3,(H,15,17). The molecule has 0 radical (unpaired) electrons. The summed E-state index contributed by atoms with van der Waals surface area (Å²) in [6.07, 6.45) is 0. The molecule has 3 nitrogen and oxygen atoms in total. The molecule has 3 rings (SSSR count). The molecule has 0 bridgehead atoms. The minimum absolute atomic E-state index is 0.0227. The Hall–Kier alpha value is -1.50. The molecule has 0 aliphatic rings. The Kier molecular flexibility index (Phi) is 3.95. The summed E-state index contributed by atoms with van der Waals surface area (Å²) in [4.78, 5) is 19.5. The quantitative estimate of drug-likeness (QED) is 0.784. The number of rotatable bonds is 4. The molecule has 0 saturated carbocycles. The fourth-order valence-electron chi connectivity index (χ4n) is 1.75. The van der Waals surface area contributed by atoms with Crippen molar-refractivity contribution in [1.82, 2.24) is 10.3 Å². The van der Waals surface area contributed by atoms with Gasteiger partial charge in [-0.15, -0.1) is 34.0 Å². The zero-order valence-electron chi connectivity index (χ0n) is 10.8. The number of thiophene rings is 2. The fraction of sp³-hybridized carbons (Fsp3) is 0.143. The first-order valence-corrected chi connectivity index (χ1v) is 8.63. The second-order valence-electron chi connectivity index (χ2n) is 4.16. The molecule has 0 aliphatic carbocycles. The molecule has 0 aromatic carbocycles. The van der Waals surface area contributed by atoms with Gasteiger partial charge in [0, 0.05) is 4.88 Å². The van der Waals surface area contributed by atoms with Gasteiger partial charge in [-0.05, 0) is 29.8 Å². The average Bonchev–Trinajstić information content (AvgIpc) is 3.18. The number of aromatic nitrogens is 1. The van der Waals surface area contributed by atoms with Crippen LogP contribution in [0.3, 0.4) is 0 Å². The molecule has 1 N–H and O–H groups in total. The van der Waals surface area contributed by atoms with E-state index in [4.69, 9.17) is 0 Å². The van der Waals surface area contributed by atoms with Crippen LogP contribution in [0.25, 0.3) is 9.88 Å². The third-order valence-electron chi connectivity index (χ3n) is 2.78. The number of thiazole rings is 1. The van der Waals surface area contributed by atoms with Gasteiger partial charge >= 0.3 is 0 Å². The van der Waals surface area contributed by atoms with Crippen LogP contribution in [0.4, 0.5) is 0 Å². The van der Waals surface area contributed by atoms with Crippen LogP contribution in [0, 0.1) is 6.92 Å². The molecule has 0 fully saturated rings. The molecular weight excluding hydrogens is 308 g/mol. The molecule has 3 aromatic heterocycles. The second-order valence-corrected chi connectivity index (χ2v) is 7.14. The topological polar surface area (TPSA) is 42.0 Å². The Balaban J connectivity index is 1.71. The van der Waals surface area contributed by atoms with E-state index in [1.807, 2.05) is 35.9 Å². The lowest BCUT2D eigenvalue weighted by molar-refractivity contribution is 0.0955. The summed E-state index contributed by atoms with van der Waals surface area (Å²) in [6.45, 7) is 2.52. The highest BCUT2D eigenvalue weighted by Gasteiger charge is 2.12. The molecule has 0 unspecified atom stereocenters. The van der Waals surface area contributed by atoms with Gasteiger partial charge < -0.3 is 5.32 Å². The summed E-state index contributed by atoms with van der Waals surface area (Å²) in [5.41, 5.74) is 0.991. The van der Waals surface area contributed by atoms with Crippen molar-refractivity contribution in [2.24, 2.45) is 0 Å². The van der Waals surface area contributed by atoms with Gasteiger partial charge in [0.1, 0.15) is 5.01 Å². The third-order valence-corrected chi connectivity index (χ3v) is 5.84. The Bertz CT molecular complexity index is 699. The first kappa shape index (κ1) is 13.5. The zero-order valence-corrected chi connectivity index (χ0v) is 13.2. The maximum atomic E-state index is 11.9. The zero-order chi connectivity index (χ0) is 13.9. The van der Waals surface area contributed by atoms with E-state index in [9.17, 15) is 4.79 Å². The van der Waals surface area contributed by atoms with E-state index in [0.29, 0.717) is 6.54 Å². The summed E-state index contributed by atoms with van der Waals surface area (Å²) in [7, 11) is 0. The van der Waals surface area contributed by atoms with Crippen molar-refractivity contribution >= 4 is 39.9 Å². The number of hydrogen-bond donors (Lipinski definition) is 1. The van der Waals surface area contributed by atoms with Crippen molar-refractivity contribution < 1.29 is 4.79 Å². The van der Waals surface area contributed by atoms with Gasteiger partial charge in [-0.2, -0.15) is 0 Å². The highest BCUT2D eigenvalue weighted by atomic mass is 32.1. The maximum Gasteiger partial charge on any atom is 0.261 e. The minimum Gasteiger partial charge on any atom is -0.346 e. The first-order valence-electron chi connectivity index (χ1n) is 6.06. The Morgan fingerprint density at radius 2 is 2.05 bits per heavy atom. The molecule has 20 heavy (non-hydrogen) atoms. The van der Waals surface area contributed by atoms with Crippen LogP contribution in [-0.2, 0) is 6.54 Å². The van der Waals surface area contributed by atoms with Gasteiger partial charge in [0.15, 0.2) is 0 Å². The van der Waals surface area contributed by atoms with E-state index < -0.39 is 0 Å². The predicted molar refractivity (Wildman–Crippen MR) is 85.7 cm³/mol. The second kappa shape index (κ2) is 5.87. The van der Waals surface area contributed by atoms with Crippen LogP contribution in [0.5, 0.6) is 0 Å². The Morgan fingerprint density at radius 1 is 1.25 bits per heavy atom. The molecule has 1 amide bonds. The molecule has 102 valence electrons. The van der Waals surface area contributed by atoms with Crippen LogP contribution in [-0.4, -0.2) is 10.9 Å². The van der Waals surface area contributed by atoms with Gasteiger partial charge in [-0.3, -0.25) is 4.79 Å². The number of nitrogens with one attached hydrogen (secondary N) is 1. The molecule has 0 atom stereocenters. The van der Waals surface area contributed by atoms with Gasteiger partial charge in [0.2, 0.25) is 0 Å². The summed E-state index contributed by atoms with van der Waals surface area (Å²) >= 11 is 4.78. The van der Waals surface area contributed by atoms with Gasteiger partial charge in [0.25, 0.3) is 5.91 Å². The van der Waals surface area contributed by atoms with E-state index in [0.717, 1.165) is 20.5 Å². The number of aryl methyl sites for hydroxylation is 1. The van der Waals surface area contributed by atoms with Crippen LogP contribution in [0.2, 0.25) is 0 Å². The number of carbonyl (C=O) groups excluding carboxylic acids is 1. The smallest absolute Gasteiger partial charge is 0.261 e. The molecule has 3 heterocycles. The highest BCUT2D eigenvalue weighted by Crippen LogP contribution is 2.30. The molecule has 0 spiro atoms. The lowest BCUT2D eigenvalue weighted by Crippen LogP contribution is -2.21. The lowest BCUT2D eigenvalue weighted by atomic mass is 10.3. The van der Waals surface area contributed by atoms with Crippen molar-refractivity contribution in [3.05, 3.63) is 50.5 Å². The van der Waals surface area contributed by atoms with Crippen molar-refractivity contribution in [1.29, 1.82) is 0 Å². The summed E-state index contributed by atoms with van der Waals surface area (Å²) in [6, 6.07) is 7.80. The van der Waals surface area contributed by atoms with Crippen LogP contribution >= 0.6 is 34.0 Å². The van der Waals surface area contributed by atoms with Crippen molar-refractivity contribution in [2.75, 3.05) is 0 Å². The number of nitrogens with zero attached hydrogens (tertiary/aromatic N) is 1. The van der Waals surface area contributed by atoms with E-state index in [2.05, 4.69) is 16.4 Å². The molecule has 6 heteroatoms. The number of hydrogen-bond acceptors (Lipinski definition) is 5. The van der Waals surface area contributed by atoms with Gasteiger partial charge in [0.05, 0.1) is 22.0 Å². The fourth-order valence-corrected chi connectivity index (χ4v) is 4.19. The van der Waals surface area contributed by atoms with E-state index in [1.54, 1.807) is 22.7 Å². The molecular formula is C14H12N2OS3. The highest BCUT2D eigenvalue weighted by molar-refractivity contribution is 7.21. The summed E-state index contributed by atoms with van der Waals surface area (Å²) < 4.78 is 0. The molecule has 0 aliphatic heterocycles. The van der Waals surface area contributed by atoms with E-state index in [-0.39, 0.29) is 5.91 Å². The molecule has 3 aromatic rings.